The predicted octanol–water partition coefficient (Wildman–Crippen LogP) is 5.10. The number of hydrogen-bond acceptors (Lipinski definition) is 2. The minimum absolute atomic E-state index is 0.650. The third kappa shape index (κ3) is 3.28. The molecule has 0 amide bonds. The van der Waals surface area contributed by atoms with Crippen molar-refractivity contribution in [2.45, 2.75) is 6.54 Å². The molecule has 1 aromatic heterocycles. The molecule has 0 atom stereocenters. The van der Waals surface area contributed by atoms with E-state index in [1.807, 2.05) is 42.6 Å². The number of benzene rings is 2. The zero-order chi connectivity index (χ0) is 14.7. The van der Waals surface area contributed by atoms with Crippen LogP contribution >= 0.6 is 27.5 Å². The Hall–Kier alpha value is -1.78. The molecule has 0 aliphatic carbocycles. The Bertz CT molecular complexity index is 740. The average molecular weight is 363 g/mol. The zero-order valence-corrected chi connectivity index (χ0v) is 13.4. The molecule has 1 heterocycles. The molecule has 0 spiro atoms. The number of aromatic nitrogens is 2. The summed E-state index contributed by atoms with van der Waals surface area (Å²) in [6.45, 7) is 0.650. The highest BCUT2D eigenvalue weighted by Gasteiger charge is 2.08. The van der Waals surface area contributed by atoms with Gasteiger partial charge in [-0.3, -0.25) is 5.10 Å². The van der Waals surface area contributed by atoms with E-state index in [1.165, 1.54) is 0 Å². The van der Waals surface area contributed by atoms with Gasteiger partial charge in [0.05, 0.1) is 22.6 Å². The summed E-state index contributed by atoms with van der Waals surface area (Å²) in [5.41, 5.74) is 4.13. The Balaban J connectivity index is 1.81. The zero-order valence-electron chi connectivity index (χ0n) is 11.1. The van der Waals surface area contributed by atoms with Crippen LogP contribution in [-0.4, -0.2) is 10.2 Å². The lowest BCUT2D eigenvalue weighted by atomic mass is 10.1. The second kappa shape index (κ2) is 6.33. The van der Waals surface area contributed by atoms with Crippen LogP contribution in [0.25, 0.3) is 11.3 Å². The molecule has 3 nitrogen and oxygen atoms in total. The minimum Gasteiger partial charge on any atom is -0.380 e. The first-order valence-corrected chi connectivity index (χ1v) is 7.68. The van der Waals surface area contributed by atoms with Crippen LogP contribution < -0.4 is 5.32 Å². The maximum atomic E-state index is 6.19. The van der Waals surface area contributed by atoms with Crippen LogP contribution in [0.3, 0.4) is 0 Å². The Labute approximate surface area is 136 Å². The Morgan fingerprint density at radius 1 is 1.14 bits per heavy atom. The van der Waals surface area contributed by atoms with E-state index < -0.39 is 0 Å². The van der Waals surface area contributed by atoms with Gasteiger partial charge in [0.2, 0.25) is 0 Å². The lowest BCUT2D eigenvalue weighted by Crippen LogP contribution is -2.00. The van der Waals surface area contributed by atoms with Crippen LogP contribution in [-0.2, 0) is 6.54 Å². The van der Waals surface area contributed by atoms with Crippen LogP contribution in [0, 0.1) is 0 Å². The number of hydrogen-bond donors (Lipinski definition) is 2. The molecule has 0 saturated carbocycles. The molecule has 2 N–H and O–H groups in total. The quantitative estimate of drug-likeness (QED) is 0.677. The van der Waals surface area contributed by atoms with Gasteiger partial charge in [-0.2, -0.15) is 5.10 Å². The van der Waals surface area contributed by atoms with Crippen molar-refractivity contribution in [1.82, 2.24) is 10.2 Å². The summed E-state index contributed by atoms with van der Waals surface area (Å²) in [5, 5.41) is 11.2. The van der Waals surface area contributed by atoms with Crippen LogP contribution in [0.2, 0.25) is 5.02 Å². The highest BCUT2D eigenvalue weighted by atomic mass is 79.9. The predicted molar refractivity (Wildman–Crippen MR) is 90.5 cm³/mol. The summed E-state index contributed by atoms with van der Waals surface area (Å²) in [5.74, 6) is 0. The number of H-pyrrole nitrogens is 1. The van der Waals surface area contributed by atoms with Gasteiger partial charge in [0.25, 0.3) is 0 Å². The summed E-state index contributed by atoms with van der Waals surface area (Å²) < 4.78 is 0.991. The second-order valence-corrected chi connectivity index (χ2v) is 5.94. The van der Waals surface area contributed by atoms with Crippen molar-refractivity contribution in [1.29, 1.82) is 0 Å². The van der Waals surface area contributed by atoms with Gasteiger partial charge in [0.1, 0.15) is 0 Å². The van der Waals surface area contributed by atoms with Gasteiger partial charge < -0.3 is 5.32 Å². The maximum Gasteiger partial charge on any atom is 0.0700 e. The monoisotopic (exact) mass is 361 g/mol. The van der Waals surface area contributed by atoms with E-state index in [0.717, 1.165) is 27.0 Å². The molecule has 0 bridgehead atoms. The number of rotatable bonds is 4. The van der Waals surface area contributed by atoms with Crippen LogP contribution in [0.5, 0.6) is 0 Å². The summed E-state index contributed by atoms with van der Waals surface area (Å²) in [4.78, 5) is 0. The topological polar surface area (TPSA) is 40.7 Å². The van der Waals surface area contributed by atoms with Crippen molar-refractivity contribution in [2.24, 2.45) is 0 Å². The van der Waals surface area contributed by atoms with Crippen LogP contribution in [0.4, 0.5) is 5.69 Å². The van der Waals surface area contributed by atoms with Crippen LogP contribution in [0.1, 0.15) is 5.56 Å². The molecule has 0 radical (unpaired) electrons. The summed E-state index contributed by atoms with van der Waals surface area (Å²) >= 11 is 9.64. The fourth-order valence-corrected chi connectivity index (χ4v) is 2.67. The Kier molecular flexibility index (Phi) is 4.27. The SMILES string of the molecule is Clc1ccc(Br)cc1NCc1cn[nH]c1-c1ccccc1. The molecule has 3 rings (SSSR count). The molecule has 0 saturated heterocycles. The number of anilines is 1. The molecule has 0 aliphatic heterocycles. The number of halogens is 2. The van der Waals surface area contributed by atoms with E-state index in [-0.39, 0.29) is 0 Å². The molecule has 0 fully saturated rings. The third-order valence-corrected chi connectivity index (χ3v) is 4.00. The van der Waals surface area contributed by atoms with Gasteiger partial charge in [-0.15, -0.1) is 0 Å². The van der Waals surface area contributed by atoms with Gasteiger partial charge in [0.15, 0.2) is 0 Å². The molecule has 0 unspecified atom stereocenters. The lowest BCUT2D eigenvalue weighted by molar-refractivity contribution is 1.10. The average Bonchev–Trinajstić information content (AvgIpc) is 2.97. The normalized spacial score (nSPS) is 10.6. The summed E-state index contributed by atoms with van der Waals surface area (Å²) in [6, 6.07) is 15.9. The molecule has 21 heavy (non-hydrogen) atoms. The van der Waals surface area contributed by atoms with Crippen molar-refractivity contribution in [3.63, 3.8) is 0 Å². The van der Waals surface area contributed by atoms with Crippen molar-refractivity contribution >= 4 is 33.2 Å². The van der Waals surface area contributed by atoms with Crippen molar-refractivity contribution in [3.8, 4) is 11.3 Å². The van der Waals surface area contributed by atoms with E-state index in [9.17, 15) is 0 Å². The summed E-state index contributed by atoms with van der Waals surface area (Å²) in [6.07, 6.45) is 1.83. The highest BCUT2D eigenvalue weighted by Crippen LogP contribution is 2.27. The standard InChI is InChI=1S/C16H13BrClN3/c17-13-6-7-14(18)15(8-13)19-9-12-10-20-21-16(12)11-4-2-1-3-5-11/h1-8,10,19H,9H2,(H,20,21). The fraction of sp³-hybridized carbons (Fsp3) is 0.0625. The number of nitrogens with zero attached hydrogens (tertiary/aromatic N) is 1. The fourth-order valence-electron chi connectivity index (χ4n) is 2.12. The molecular weight excluding hydrogens is 350 g/mol. The first kappa shape index (κ1) is 14.2. The van der Waals surface area contributed by atoms with Crippen molar-refractivity contribution in [3.05, 3.63) is 69.8 Å². The van der Waals surface area contributed by atoms with E-state index in [0.29, 0.717) is 11.6 Å². The lowest BCUT2D eigenvalue weighted by Gasteiger charge is -2.09. The van der Waals surface area contributed by atoms with Crippen molar-refractivity contribution < 1.29 is 0 Å². The van der Waals surface area contributed by atoms with E-state index in [1.54, 1.807) is 0 Å². The van der Waals surface area contributed by atoms with E-state index >= 15 is 0 Å². The first-order chi connectivity index (χ1) is 10.2. The van der Waals surface area contributed by atoms with Gasteiger partial charge in [0, 0.05) is 16.6 Å². The first-order valence-electron chi connectivity index (χ1n) is 6.50. The third-order valence-electron chi connectivity index (χ3n) is 3.18. The second-order valence-electron chi connectivity index (χ2n) is 4.61. The summed E-state index contributed by atoms with van der Waals surface area (Å²) in [7, 11) is 0. The highest BCUT2D eigenvalue weighted by molar-refractivity contribution is 9.10. The van der Waals surface area contributed by atoms with E-state index in [4.69, 9.17) is 11.6 Å². The van der Waals surface area contributed by atoms with Gasteiger partial charge in [-0.1, -0.05) is 57.9 Å². The van der Waals surface area contributed by atoms with Gasteiger partial charge in [-0.25, -0.2) is 0 Å². The molecule has 106 valence electrons. The van der Waals surface area contributed by atoms with Gasteiger partial charge >= 0.3 is 0 Å². The van der Waals surface area contributed by atoms with Crippen molar-refractivity contribution in [2.75, 3.05) is 5.32 Å². The Morgan fingerprint density at radius 2 is 1.95 bits per heavy atom. The molecule has 5 heteroatoms. The Morgan fingerprint density at radius 3 is 2.76 bits per heavy atom. The minimum atomic E-state index is 0.650. The molecular formula is C16H13BrClN3. The maximum absolute atomic E-state index is 6.19. The smallest absolute Gasteiger partial charge is 0.0700 e. The molecule has 3 aromatic rings. The van der Waals surface area contributed by atoms with E-state index in [2.05, 4.69) is 43.6 Å². The number of aromatic amines is 1. The largest absolute Gasteiger partial charge is 0.380 e. The number of nitrogens with one attached hydrogen (secondary N) is 2. The molecule has 2 aromatic carbocycles. The molecule has 0 aliphatic rings. The van der Waals surface area contributed by atoms with Crippen LogP contribution in [0.15, 0.2) is 59.2 Å². The van der Waals surface area contributed by atoms with Gasteiger partial charge in [-0.05, 0) is 23.8 Å².